The van der Waals surface area contributed by atoms with Crippen LogP contribution in [-0.4, -0.2) is 19.5 Å². The van der Waals surface area contributed by atoms with Crippen LogP contribution < -0.4 is 0 Å². The Labute approximate surface area is 99.1 Å². The van der Waals surface area contributed by atoms with E-state index in [2.05, 4.69) is 15.0 Å². The number of hydrogen-bond acceptors (Lipinski definition) is 2. The summed E-state index contributed by atoms with van der Waals surface area (Å²) in [5.41, 5.74) is 0.121. The molecule has 0 bridgehead atoms. The summed E-state index contributed by atoms with van der Waals surface area (Å²) in [6.07, 6.45) is 0.383. The Kier molecular flexibility index (Phi) is 2.16. The maximum Gasteiger partial charge on any atom is 0.416 e. The van der Waals surface area contributed by atoms with E-state index in [1.54, 1.807) is 17.0 Å². The Morgan fingerprint density at radius 2 is 2.06 bits per heavy atom. The number of halogens is 3. The third kappa shape index (κ3) is 1.73. The van der Waals surface area contributed by atoms with Crippen molar-refractivity contribution >= 4 is 11.0 Å². The zero-order valence-electron chi connectivity index (χ0n) is 8.94. The van der Waals surface area contributed by atoms with E-state index < -0.39 is 11.7 Å². The second kappa shape index (κ2) is 3.59. The maximum atomic E-state index is 12.5. The van der Waals surface area contributed by atoms with E-state index in [9.17, 15) is 13.2 Å². The van der Waals surface area contributed by atoms with Gasteiger partial charge in [-0.3, -0.25) is 4.57 Å². The van der Waals surface area contributed by atoms with Crippen LogP contribution in [0.3, 0.4) is 0 Å². The Balaban J connectivity index is 2.13. The van der Waals surface area contributed by atoms with Crippen LogP contribution in [-0.2, 0) is 6.18 Å². The number of aromatic nitrogens is 4. The van der Waals surface area contributed by atoms with Crippen molar-refractivity contribution in [1.82, 2.24) is 19.5 Å². The average molecular weight is 252 g/mol. The van der Waals surface area contributed by atoms with Crippen LogP contribution in [0.4, 0.5) is 13.2 Å². The summed E-state index contributed by atoms with van der Waals surface area (Å²) in [5.74, 6) is 0.432. The lowest BCUT2D eigenvalue weighted by Gasteiger charge is -2.04. The molecule has 0 aliphatic carbocycles. The lowest BCUT2D eigenvalue weighted by Crippen LogP contribution is -2.04. The molecule has 0 fully saturated rings. The number of benzene rings is 1. The van der Waals surface area contributed by atoms with Gasteiger partial charge in [0.05, 0.1) is 16.6 Å². The maximum absolute atomic E-state index is 12.5. The molecule has 0 spiro atoms. The zero-order chi connectivity index (χ0) is 12.8. The molecule has 0 aliphatic heterocycles. The molecule has 0 aliphatic rings. The van der Waals surface area contributed by atoms with Crippen molar-refractivity contribution in [3.63, 3.8) is 0 Å². The van der Waals surface area contributed by atoms with Gasteiger partial charge in [-0.2, -0.15) is 13.2 Å². The fourth-order valence-corrected chi connectivity index (χ4v) is 1.68. The van der Waals surface area contributed by atoms with E-state index in [1.165, 1.54) is 12.4 Å². The third-order valence-corrected chi connectivity index (χ3v) is 2.55. The lowest BCUT2D eigenvalue weighted by molar-refractivity contribution is -0.137. The second-order valence-corrected chi connectivity index (χ2v) is 3.76. The fraction of sp³-hybridized carbons (Fsp3) is 0.0909. The van der Waals surface area contributed by atoms with Gasteiger partial charge in [-0.05, 0) is 18.2 Å². The Hall–Kier alpha value is -2.31. The van der Waals surface area contributed by atoms with Gasteiger partial charge in [-0.25, -0.2) is 9.97 Å². The molecule has 0 atom stereocenters. The summed E-state index contributed by atoms with van der Waals surface area (Å²) in [6.45, 7) is 0. The lowest BCUT2D eigenvalue weighted by atomic mass is 10.2. The van der Waals surface area contributed by atoms with Gasteiger partial charge in [0.25, 0.3) is 0 Å². The summed E-state index contributed by atoms with van der Waals surface area (Å²) < 4.78 is 39.2. The van der Waals surface area contributed by atoms with Crippen LogP contribution in [0.5, 0.6) is 0 Å². The first kappa shape index (κ1) is 10.8. The molecule has 0 radical (unpaired) electrons. The molecule has 2 aromatic heterocycles. The predicted octanol–water partition coefficient (Wildman–Crippen LogP) is 2.77. The van der Waals surface area contributed by atoms with Gasteiger partial charge in [-0.1, -0.05) is 0 Å². The number of rotatable bonds is 1. The Morgan fingerprint density at radius 1 is 1.22 bits per heavy atom. The van der Waals surface area contributed by atoms with Crippen LogP contribution in [0.1, 0.15) is 5.56 Å². The van der Waals surface area contributed by atoms with Gasteiger partial charge in [-0.15, -0.1) is 0 Å². The highest BCUT2D eigenvalue weighted by Crippen LogP contribution is 2.31. The molecular weight excluding hydrogens is 245 g/mol. The van der Waals surface area contributed by atoms with E-state index in [-0.39, 0.29) is 0 Å². The standard InChI is InChI=1S/C11H7F3N4/c12-11(13,14)7-1-2-8-9(5-7)17-10(16-8)18-4-3-15-6-18/h1-6H,(H,16,17). The number of fused-ring (bicyclic) bond motifs is 1. The summed E-state index contributed by atoms with van der Waals surface area (Å²) in [6, 6.07) is 3.40. The first-order valence-electron chi connectivity index (χ1n) is 5.09. The van der Waals surface area contributed by atoms with Gasteiger partial charge in [0.1, 0.15) is 6.33 Å². The number of imidazole rings is 2. The zero-order valence-corrected chi connectivity index (χ0v) is 8.94. The van der Waals surface area contributed by atoms with E-state index >= 15 is 0 Å². The first-order chi connectivity index (χ1) is 8.54. The first-order valence-corrected chi connectivity index (χ1v) is 5.09. The highest BCUT2D eigenvalue weighted by Gasteiger charge is 2.30. The van der Waals surface area contributed by atoms with Gasteiger partial charge < -0.3 is 4.98 Å². The van der Waals surface area contributed by atoms with Crippen LogP contribution in [0.15, 0.2) is 36.9 Å². The van der Waals surface area contributed by atoms with E-state index in [1.807, 2.05) is 0 Å². The fourth-order valence-electron chi connectivity index (χ4n) is 1.68. The molecule has 7 heteroatoms. The van der Waals surface area contributed by atoms with Crippen LogP contribution >= 0.6 is 0 Å². The molecule has 3 rings (SSSR count). The minimum Gasteiger partial charge on any atom is -0.323 e. The van der Waals surface area contributed by atoms with Crippen molar-refractivity contribution in [2.45, 2.75) is 6.18 Å². The largest absolute Gasteiger partial charge is 0.416 e. The molecule has 4 nitrogen and oxygen atoms in total. The Morgan fingerprint density at radius 3 is 2.72 bits per heavy atom. The molecular formula is C11H7F3N4. The van der Waals surface area contributed by atoms with E-state index in [0.717, 1.165) is 12.1 Å². The third-order valence-electron chi connectivity index (χ3n) is 2.55. The Bertz CT molecular complexity index is 682. The SMILES string of the molecule is FC(F)(F)c1ccc2nc(-n3ccnc3)[nH]c2c1. The molecule has 0 amide bonds. The van der Waals surface area contributed by atoms with Gasteiger partial charge >= 0.3 is 6.18 Å². The number of nitrogens with one attached hydrogen (secondary N) is 1. The smallest absolute Gasteiger partial charge is 0.323 e. The van der Waals surface area contributed by atoms with E-state index in [0.29, 0.717) is 17.0 Å². The van der Waals surface area contributed by atoms with Crippen molar-refractivity contribution in [1.29, 1.82) is 0 Å². The summed E-state index contributed by atoms with van der Waals surface area (Å²) in [4.78, 5) is 10.8. The van der Waals surface area contributed by atoms with Gasteiger partial charge in [0.2, 0.25) is 5.95 Å². The van der Waals surface area contributed by atoms with E-state index in [4.69, 9.17) is 0 Å². The number of hydrogen-bond donors (Lipinski definition) is 1. The molecule has 2 heterocycles. The highest BCUT2D eigenvalue weighted by atomic mass is 19.4. The van der Waals surface area contributed by atoms with Crippen molar-refractivity contribution in [2.75, 3.05) is 0 Å². The molecule has 1 aromatic carbocycles. The summed E-state index contributed by atoms with van der Waals surface area (Å²) in [7, 11) is 0. The van der Waals surface area contributed by atoms with Crippen molar-refractivity contribution in [3.8, 4) is 5.95 Å². The van der Waals surface area contributed by atoms with Crippen LogP contribution in [0, 0.1) is 0 Å². The molecule has 3 aromatic rings. The summed E-state index contributed by atoms with van der Waals surface area (Å²) >= 11 is 0. The average Bonchev–Trinajstić information content (AvgIpc) is 2.95. The molecule has 18 heavy (non-hydrogen) atoms. The van der Waals surface area contributed by atoms with Crippen LogP contribution in [0.25, 0.3) is 17.0 Å². The quantitative estimate of drug-likeness (QED) is 0.723. The number of H-pyrrole nitrogens is 1. The highest BCUT2D eigenvalue weighted by molar-refractivity contribution is 5.77. The van der Waals surface area contributed by atoms with Crippen molar-refractivity contribution in [3.05, 3.63) is 42.5 Å². The van der Waals surface area contributed by atoms with Crippen molar-refractivity contribution < 1.29 is 13.2 Å². The van der Waals surface area contributed by atoms with Crippen molar-refractivity contribution in [2.24, 2.45) is 0 Å². The molecule has 1 N–H and O–H groups in total. The molecule has 0 saturated carbocycles. The minimum absolute atomic E-state index is 0.341. The second-order valence-electron chi connectivity index (χ2n) is 3.76. The number of nitrogens with zero attached hydrogens (tertiary/aromatic N) is 3. The topological polar surface area (TPSA) is 46.5 Å². The molecule has 0 saturated heterocycles. The molecule has 92 valence electrons. The monoisotopic (exact) mass is 252 g/mol. The summed E-state index contributed by atoms with van der Waals surface area (Å²) in [5, 5.41) is 0. The molecule has 0 unspecified atom stereocenters. The minimum atomic E-state index is -4.35. The van der Waals surface area contributed by atoms with Gasteiger partial charge in [0.15, 0.2) is 0 Å². The number of aromatic amines is 1. The van der Waals surface area contributed by atoms with Gasteiger partial charge in [0, 0.05) is 12.4 Å². The normalized spacial score (nSPS) is 12.2. The number of alkyl halides is 3. The predicted molar refractivity (Wildman–Crippen MR) is 58.2 cm³/mol. The van der Waals surface area contributed by atoms with Crippen LogP contribution in [0.2, 0.25) is 0 Å².